The number of amides is 1. The minimum absolute atomic E-state index is 0.161. The predicted molar refractivity (Wildman–Crippen MR) is 139 cm³/mol. The molecule has 0 radical (unpaired) electrons. The first-order chi connectivity index (χ1) is 16.5. The molecule has 5 nitrogen and oxygen atoms in total. The fourth-order valence-electron chi connectivity index (χ4n) is 5.06. The molecule has 2 aromatic rings. The highest BCUT2D eigenvalue weighted by Gasteiger charge is 2.29. The summed E-state index contributed by atoms with van der Waals surface area (Å²) in [6.07, 6.45) is 5.07. The Morgan fingerprint density at radius 1 is 1.03 bits per heavy atom. The van der Waals surface area contributed by atoms with E-state index in [9.17, 15) is 4.79 Å². The van der Waals surface area contributed by atoms with Crippen LogP contribution in [0.25, 0.3) is 0 Å². The van der Waals surface area contributed by atoms with Crippen molar-refractivity contribution in [3.05, 3.63) is 63.6 Å². The topological polar surface area (TPSA) is 44.8 Å². The lowest BCUT2D eigenvalue weighted by Crippen LogP contribution is -2.49. The zero-order valence-electron chi connectivity index (χ0n) is 19.9. The highest BCUT2D eigenvalue weighted by atomic mass is 35.5. The highest BCUT2D eigenvalue weighted by Crippen LogP contribution is 2.36. The van der Waals surface area contributed by atoms with E-state index in [1.807, 2.05) is 48.3 Å². The third-order valence-electron chi connectivity index (χ3n) is 7.09. The van der Waals surface area contributed by atoms with Crippen molar-refractivity contribution in [1.82, 2.24) is 15.1 Å². The molecule has 0 aromatic heterocycles. The van der Waals surface area contributed by atoms with Gasteiger partial charge in [0.15, 0.2) is 0 Å². The number of piperidine rings is 1. The molecule has 1 atom stereocenters. The lowest BCUT2D eigenvalue weighted by atomic mass is 9.88. The summed E-state index contributed by atoms with van der Waals surface area (Å²) < 4.78 is 6.21. The van der Waals surface area contributed by atoms with Crippen molar-refractivity contribution in [2.45, 2.75) is 44.1 Å². The predicted octanol–water partition coefficient (Wildman–Crippen LogP) is 5.00. The molecule has 2 aromatic carbocycles. The first kappa shape index (κ1) is 25.3. The first-order valence-electron chi connectivity index (χ1n) is 12.4. The number of benzene rings is 2. The van der Waals surface area contributed by atoms with E-state index >= 15 is 0 Å². The first-order valence-corrected chi connectivity index (χ1v) is 13.1. The van der Waals surface area contributed by atoms with Crippen LogP contribution in [0.3, 0.4) is 0 Å². The standard InChI is InChI=1S/C27H35Cl2N3O2/c1-30-25(18-20-4-6-22(28)7-5-20)27(33)32-14-10-21(11-15-32)24-9-8-23(29)19-26(24)34-17-16-31-12-2-3-13-31/h4-9,19,21,25,30H,2-3,10-18H2,1H3/t25-/m1/s1. The molecular formula is C27H35Cl2N3O2. The summed E-state index contributed by atoms with van der Waals surface area (Å²) in [7, 11) is 1.85. The Balaban J connectivity index is 1.33. The molecule has 7 heteroatoms. The number of hydrogen-bond acceptors (Lipinski definition) is 4. The van der Waals surface area contributed by atoms with Gasteiger partial charge in [0.25, 0.3) is 0 Å². The molecule has 2 fully saturated rings. The van der Waals surface area contributed by atoms with E-state index in [4.69, 9.17) is 27.9 Å². The lowest BCUT2D eigenvalue weighted by molar-refractivity contribution is -0.134. The zero-order valence-corrected chi connectivity index (χ0v) is 21.5. The van der Waals surface area contributed by atoms with Gasteiger partial charge >= 0.3 is 0 Å². The Kier molecular flexibility index (Phi) is 9.12. The second-order valence-corrected chi connectivity index (χ2v) is 10.2. The fraction of sp³-hybridized carbons (Fsp3) is 0.519. The number of nitrogens with one attached hydrogen (secondary N) is 1. The molecule has 0 bridgehead atoms. The molecule has 184 valence electrons. The Bertz CT molecular complexity index is 939. The van der Waals surface area contributed by atoms with Gasteiger partial charge in [-0.3, -0.25) is 9.69 Å². The van der Waals surface area contributed by atoms with Crippen LogP contribution >= 0.6 is 23.2 Å². The van der Waals surface area contributed by atoms with E-state index in [-0.39, 0.29) is 11.9 Å². The van der Waals surface area contributed by atoms with Gasteiger partial charge in [-0.25, -0.2) is 0 Å². The molecule has 2 aliphatic heterocycles. The molecule has 0 spiro atoms. The largest absolute Gasteiger partial charge is 0.492 e. The van der Waals surface area contributed by atoms with Crippen LogP contribution in [-0.4, -0.2) is 68.1 Å². The summed E-state index contributed by atoms with van der Waals surface area (Å²) in [6.45, 7) is 5.47. The highest BCUT2D eigenvalue weighted by molar-refractivity contribution is 6.30. The molecule has 34 heavy (non-hydrogen) atoms. The number of likely N-dealkylation sites (N-methyl/N-ethyl adjacent to an activating group) is 1. The molecule has 4 rings (SSSR count). The molecule has 0 unspecified atom stereocenters. The minimum Gasteiger partial charge on any atom is -0.492 e. The summed E-state index contributed by atoms with van der Waals surface area (Å²) in [5.41, 5.74) is 2.31. The number of ether oxygens (including phenoxy) is 1. The number of rotatable bonds is 9. The normalized spacial score (nSPS) is 18.3. The second kappa shape index (κ2) is 12.3. The molecule has 0 saturated carbocycles. The number of nitrogens with zero attached hydrogens (tertiary/aromatic N) is 2. The van der Waals surface area contributed by atoms with Gasteiger partial charge in [0, 0.05) is 29.7 Å². The third kappa shape index (κ3) is 6.66. The Morgan fingerprint density at radius 2 is 1.71 bits per heavy atom. The van der Waals surface area contributed by atoms with E-state index in [1.165, 1.54) is 31.5 Å². The molecule has 1 amide bonds. The molecule has 0 aliphatic carbocycles. The molecule has 2 heterocycles. The number of likely N-dealkylation sites (tertiary alicyclic amines) is 2. The van der Waals surface area contributed by atoms with Gasteiger partial charge in [0.05, 0.1) is 6.04 Å². The fourth-order valence-corrected chi connectivity index (χ4v) is 5.35. The molecule has 1 N–H and O–H groups in total. The van der Waals surface area contributed by atoms with Gasteiger partial charge in [-0.2, -0.15) is 0 Å². The van der Waals surface area contributed by atoms with E-state index < -0.39 is 0 Å². The van der Waals surface area contributed by atoms with Gasteiger partial charge < -0.3 is 15.0 Å². The van der Waals surface area contributed by atoms with Gasteiger partial charge in [-0.05, 0) is 93.6 Å². The maximum absolute atomic E-state index is 13.2. The van der Waals surface area contributed by atoms with Crippen molar-refractivity contribution >= 4 is 29.1 Å². The van der Waals surface area contributed by atoms with Crippen molar-refractivity contribution in [1.29, 1.82) is 0 Å². The van der Waals surface area contributed by atoms with Crippen molar-refractivity contribution in [2.24, 2.45) is 0 Å². The van der Waals surface area contributed by atoms with E-state index in [0.29, 0.717) is 29.0 Å². The van der Waals surface area contributed by atoms with Crippen LogP contribution in [0.1, 0.15) is 42.7 Å². The van der Waals surface area contributed by atoms with Crippen LogP contribution in [0.4, 0.5) is 0 Å². The number of halogens is 2. The van der Waals surface area contributed by atoms with E-state index in [1.54, 1.807) is 0 Å². The Morgan fingerprint density at radius 3 is 2.38 bits per heavy atom. The van der Waals surface area contributed by atoms with Crippen LogP contribution < -0.4 is 10.1 Å². The number of carbonyl (C=O) groups is 1. The van der Waals surface area contributed by atoms with Gasteiger partial charge in [-0.1, -0.05) is 41.4 Å². The molecular weight excluding hydrogens is 469 g/mol. The smallest absolute Gasteiger partial charge is 0.240 e. The Hall–Kier alpha value is -1.79. The van der Waals surface area contributed by atoms with Crippen LogP contribution in [0, 0.1) is 0 Å². The zero-order chi connectivity index (χ0) is 23.9. The summed E-state index contributed by atoms with van der Waals surface area (Å²) in [5.74, 6) is 1.42. The van der Waals surface area contributed by atoms with Gasteiger partial charge in [-0.15, -0.1) is 0 Å². The SMILES string of the molecule is CN[C@H](Cc1ccc(Cl)cc1)C(=O)N1CCC(c2ccc(Cl)cc2OCCN2CCCC2)CC1. The van der Waals surface area contributed by atoms with E-state index in [0.717, 1.165) is 43.8 Å². The van der Waals surface area contributed by atoms with Crippen molar-refractivity contribution in [3.8, 4) is 5.75 Å². The second-order valence-electron chi connectivity index (χ2n) is 9.35. The number of carbonyl (C=O) groups excluding carboxylic acids is 1. The van der Waals surface area contributed by atoms with Crippen LogP contribution in [-0.2, 0) is 11.2 Å². The summed E-state index contributed by atoms with van der Waals surface area (Å²) in [6, 6.07) is 13.5. The minimum atomic E-state index is -0.238. The third-order valence-corrected chi connectivity index (χ3v) is 7.57. The summed E-state index contributed by atoms with van der Waals surface area (Å²) >= 11 is 12.3. The quantitative estimate of drug-likeness (QED) is 0.522. The Labute approximate surface area is 213 Å². The van der Waals surface area contributed by atoms with Crippen LogP contribution in [0.2, 0.25) is 10.0 Å². The lowest BCUT2D eigenvalue weighted by Gasteiger charge is -2.35. The summed E-state index contributed by atoms with van der Waals surface area (Å²) in [4.78, 5) is 17.7. The number of hydrogen-bond donors (Lipinski definition) is 1. The van der Waals surface area contributed by atoms with E-state index in [2.05, 4.69) is 16.3 Å². The van der Waals surface area contributed by atoms with Gasteiger partial charge in [0.2, 0.25) is 5.91 Å². The van der Waals surface area contributed by atoms with Crippen molar-refractivity contribution < 1.29 is 9.53 Å². The summed E-state index contributed by atoms with van der Waals surface area (Å²) in [5, 5.41) is 4.61. The van der Waals surface area contributed by atoms with Crippen molar-refractivity contribution in [2.75, 3.05) is 46.4 Å². The maximum Gasteiger partial charge on any atom is 0.240 e. The average Bonchev–Trinajstić information content (AvgIpc) is 3.37. The van der Waals surface area contributed by atoms with Crippen molar-refractivity contribution in [3.63, 3.8) is 0 Å². The monoisotopic (exact) mass is 503 g/mol. The maximum atomic E-state index is 13.2. The van der Waals surface area contributed by atoms with Gasteiger partial charge in [0.1, 0.15) is 12.4 Å². The van der Waals surface area contributed by atoms with Crippen LogP contribution in [0.5, 0.6) is 5.75 Å². The van der Waals surface area contributed by atoms with Crippen LogP contribution in [0.15, 0.2) is 42.5 Å². The average molecular weight is 505 g/mol. The molecule has 2 saturated heterocycles. The molecule has 2 aliphatic rings.